The van der Waals surface area contributed by atoms with E-state index >= 15 is 0 Å². The van der Waals surface area contributed by atoms with Crippen LogP contribution in [0.2, 0.25) is 10.0 Å². The van der Waals surface area contributed by atoms with Gasteiger partial charge in [0.15, 0.2) is 5.82 Å². The van der Waals surface area contributed by atoms with Crippen molar-refractivity contribution in [2.45, 2.75) is 27.2 Å². The molecule has 0 aliphatic rings. The molecule has 0 fully saturated rings. The first kappa shape index (κ1) is 16.8. The van der Waals surface area contributed by atoms with Gasteiger partial charge in [0.05, 0.1) is 16.7 Å². The third kappa shape index (κ3) is 3.78. The minimum absolute atomic E-state index is 0.144. The van der Waals surface area contributed by atoms with Gasteiger partial charge in [-0.25, -0.2) is 0 Å². The summed E-state index contributed by atoms with van der Waals surface area (Å²) >= 11 is 12.0. The highest BCUT2D eigenvalue weighted by molar-refractivity contribution is 6.42. The van der Waals surface area contributed by atoms with Crippen molar-refractivity contribution in [1.82, 2.24) is 14.8 Å². The number of benzene rings is 1. The largest absolute Gasteiger partial charge is 0.463 e. The Morgan fingerprint density at radius 1 is 1.32 bits per heavy atom. The van der Waals surface area contributed by atoms with Gasteiger partial charge in [0.2, 0.25) is 5.91 Å². The average Bonchev–Trinajstić information content (AvgIpc) is 2.86. The van der Waals surface area contributed by atoms with E-state index in [4.69, 9.17) is 27.9 Å². The Hall–Kier alpha value is -1.59. The summed E-state index contributed by atoms with van der Waals surface area (Å²) in [5.74, 6) is 0.469. The molecule has 0 aliphatic carbocycles. The number of aromatic nitrogens is 3. The van der Waals surface area contributed by atoms with Crippen molar-refractivity contribution in [2.24, 2.45) is 5.92 Å². The van der Waals surface area contributed by atoms with E-state index in [2.05, 4.69) is 10.1 Å². The van der Waals surface area contributed by atoms with E-state index in [-0.39, 0.29) is 17.8 Å². The van der Waals surface area contributed by atoms with Crippen LogP contribution in [0.3, 0.4) is 0 Å². The summed E-state index contributed by atoms with van der Waals surface area (Å²) in [5.41, 5.74) is 0.657. The van der Waals surface area contributed by atoms with Crippen molar-refractivity contribution in [3.63, 3.8) is 0 Å². The maximum Gasteiger partial charge on any atom is 0.336 e. The first-order valence-electron chi connectivity index (χ1n) is 7.00. The Labute approximate surface area is 139 Å². The third-order valence-electron chi connectivity index (χ3n) is 2.86. The summed E-state index contributed by atoms with van der Waals surface area (Å²) in [5, 5.41) is 4.97. The van der Waals surface area contributed by atoms with Gasteiger partial charge in [-0.1, -0.05) is 37.0 Å². The number of ether oxygens (including phenoxy) is 1. The summed E-state index contributed by atoms with van der Waals surface area (Å²) in [6, 6.07) is 5.22. The van der Waals surface area contributed by atoms with Crippen LogP contribution in [0.25, 0.3) is 11.4 Å². The lowest BCUT2D eigenvalue weighted by Gasteiger charge is -2.07. The Balaban J connectivity index is 2.47. The molecule has 0 unspecified atom stereocenters. The van der Waals surface area contributed by atoms with Crippen molar-refractivity contribution in [3.8, 4) is 17.4 Å². The van der Waals surface area contributed by atoms with Gasteiger partial charge in [-0.05, 0) is 31.0 Å². The topological polar surface area (TPSA) is 57.0 Å². The molecule has 118 valence electrons. The SMILES string of the molecule is CCOc1nc(-c2ccc(Cl)c(Cl)c2)n(C(=O)CC(C)C)n1. The Kier molecular flexibility index (Phi) is 5.42. The molecule has 0 saturated carbocycles. The highest BCUT2D eigenvalue weighted by Crippen LogP contribution is 2.28. The molecule has 0 N–H and O–H groups in total. The molecule has 0 atom stereocenters. The van der Waals surface area contributed by atoms with Crippen LogP contribution in [0, 0.1) is 5.92 Å². The minimum atomic E-state index is -0.144. The normalized spacial score (nSPS) is 11.0. The summed E-state index contributed by atoms with van der Waals surface area (Å²) < 4.78 is 6.57. The van der Waals surface area contributed by atoms with Crippen LogP contribution in [0.15, 0.2) is 18.2 Å². The lowest BCUT2D eigenvalue weighted by Crippen LogP contribution is -2.16. The fourth-order valence-electron chi connectivity index (χ4n) is 1.92. The van der Waals surface area contributed by atoms with E-state index in [0.717, 1.165) is 0 Å². The molecule has 2 rings (SSSR count). The lowest BCUT2D eigenvalue weighted by molar-refractivity contribution is 0.0870. The number of halogens is 2. The van der Waals surface area contributed by atoms with Crippen LogP contribution in [0.5, 0.6) is 6.01 Å². The zero-order valence-electron chi connectivity index (χ0n) is 12.6. The van der Waals surface area contributed by atoms with Crippen molar-refractivity contribution in [2.75, 3.05) is 6.61 Å². The predicted octanol–water partition coefficient (Wildman–Crippen LogP) is 4.34. The average molecular weight is 342 g/mol. The number of rotatable bonds is 5. The number of carbonyl (C=O) groups excluding carboxylic acids is 1. The van der Waals surface area contributed by atoms with Crippen LogP contribution >= 0.6 is 23.2 Å². The molecule has 7 heteroatoms. The minimum Gasteiger partial charge on any atom is -0.463 e. The Bertz CT molecular complexity index is 683. The molecule has 0 spiro atoms. The van der Waals surface area contributed by atoms with Crippen LogP contribution in [0.4, 0.5) is 0 Å². The second-order valence-corrected chi connectivity index (χ2v) is 6.00. The van der Waals surface area contributed by atoms with Gasteiger partial charge in [0, 0.05) is 12.0 Å². The fourth-order valence-corrected chi connectivity index (χ4v) is 2.21. The Morgan fingerprint density at radius 3 is 2.64 bits per heavy atom. The van der Waals surface area contributed by atoms with Crippen LogP contribution in [0.1, 0.15) is 32.0 Å². The molecule has 1 aromatic heterocycles. The van der Waals surface area contributed by atoms with Gasteiger partial charge in [0.1, 0.15) is 0 Å². The molecule has 22 heavy (non-hydrogen) atoms. The smallest absolute Gasteiger partial charge is 0.336 e. The quantitative estimate of drug-likeness (QED) is 0.811. The van der Waals surface area contributed by atoms with Crippen molar-refractivity contribution < 1.29 is 9.53 Å². The van der Waals surface area contributed by atoms with Gasteiger partial charge in [-0.2, -0.15) is 9.67 Å². The van der Waals surface area contributed by atoms with Crippen molar-refractivity contribution in [3.05, 3.63) is 28.2 Å². The molecule has 5 nitrogen and oxygen atoms in total. The molecule has 0 bridgehead atoms. The summed E-state index contributed by atoms with van der Waals surface area (Å²) in [6.07, 6.45) is 0.364. The number of hydrogen-bond acceptors (Lipinski definition) is 4. The zero-order valence-corrected chi connectivity index (χ0v) is 14.1. The van der Waals surface area contributed by atoms with Gasteiger partial charge < -0.3 is 4.74 Å². The summed E-state index contributed by atoms with van der Waals surface area (Å²) in [7, 11) is 0. The summed E-state index contributed by atoms with van der Waals surface area (Å²) in [6.45, 7) is 6.19. The van der Waals surface area contributed by atoms with E-state index in [1.165, 1.54) is 4.68 Å². The molecule has 2 aromatic rings. The monoisotopic (exact) mass is 341 g/mol. The van der Waals surface area contributed by atoms with Gasteiger partial charge >= 0.3 is 6.01 Å². The summed E-state index contributed by atoms with van der Waals surface area (Å²) in [4.78, 5) is 16.6. The predicted molar refractivity (Wildman–Crippen MR) is 86.7 cm³/mol. The van der Waals surface area contributed by atoms with E-state index in [1.807, 2.05) is 20.8 Å². The second-order valence-electron chi connectivity index (χ2n) is 5.18. The molecule has 0 amide bonds. The lowest BCUT2D eigenvalue weighted by atomic mass is 10.1. The van der Waals surface area contributed by atoms with Crippen LogP contribution in [-0.2, 0) is 0 Å². The molecular weight excluding hydrogens is 325 g/mol. The number of nitrogens with zero attached hydrogens (tertiary/aromatic N) is 3. The van der Waals surface area contributed by atoms with E-state index in [1.54, 1.807) is 18.2 Å². The standard InChI is InChI=1S/C15H17Cl2N3O2/c1-4-22-15-18-14(10-5-6-11(16)12(17)8-10)20(19-15)13(21)7-9(2)3/h5-6,8-9H,4,7H2,1-3H3. The molecule has 0 aliphatic heterocycles. The van der Waals surface area contributed by atoms with Crippen LogP contribution in [-0.4, -0.2) is 27.3 Å². The van der Waals surface area contributed by atoms with Crippen molar-refractivity contribution >= 4 is 29.1 Å². The number of hydrogen-bond donors (Lipinski definition) is 0. The first-order valence-corrected chi connectivity index (χ1v) is 7.76. The van der Waals surface area contributed by atoms with Gasteiger partial charge in [-0.3, -0.25) is 4.79 Å². The molecule has 0 saturated heterocycles. The third-order valence-corrected chi connectivity index (χ3v) is 3.60. The molecule has 0 radical (unpaired) electrons. The van der Waals surface area contributed by atoms with E-state index in [9.17, 15) is 4.79 Å². The molecule has 1 heterocycles. The second kappa shape index (κ2) is 7.11. The van der Waals surface area contributed by atoms with Gasteiger partial charge in [-0.15, -0.1) is 5.10 Å². The van der Waals surface area contributed by atoms with Crippen molar-refractivity contribution in [1.29, 1.82) is 0 Å². The maximum absolute atomic E-state index is 12.4. The van der Waals surface area contributed by atoms with Gasteiger partial charge in [0.25, 0.3) is 0 Å². The van der Waals surface area contributed by atoms with E-state index < -0.39 is 0 Å². The Morgan fingerprint density at radius 2 is 2.05 bits per heavy atom. The number of carbonyl (C=O) groups is 1. The highest BCUT2D eigenvalue weighted by atomic mass is 35.5. The van der Waals surface area contributed by atoms with E-state index in [0.29, 0.717) is 34.5 Å². The molecular formula is C15H17Cl2N3O2. The molecule has 1 aromatic carbocycles. The van der Waals surface area contributed by atoms with Crippen LogP contribution < -0.4 is 4.74 Å². The zero-order chi connectivity index (χ0) is 16.3. The maximum atomic E-state index is 12.4. The fraction of sp³-hybridized carbons (Fsp3) is 0.400. The first-order chi connectivity index (χ1) is 10.4. The highest BCUT2D eigenvalue weighted by Gasteiger charge is 2.19.